The molecule has 1 aromatic carbocycles. The maximum Gasteiger partial charge on any atom is 0.309 e. The Balaban J connectivity index is 2.64. The molecule has 1 rings (SSSR count). The molecule has 88 valence electrons. The number of halogens is 1. The number of hydrogen-bond acceptors (Lipinski definition) is 2. The lowest BCUT2D eigenvalue weighted by Crippen LogP contribution is -2.22. The van der Waals surface area contributed by atoms with Gasteiger partial charge >= 0.3 is 5.97 Å². The average molecular weight is 226 g/mol. The van der Waals surface area contributed by atoms with Gasteiger partial charge in [0.15, 0.2) is 0 Å². The second-order valence-corrected chi connectivity index (χ2v) is 3.53. The van der Waals surface area contributed by atoms with Crippen LogP contribution in [0.15, 0.2) is 24.3 Å². The van der Waals surface area contributed by atoms with Crippen LogP contribution in [0.5, 0.6) is 0 Å². The zero-order valence-electron chi connectivity index (χ0n) is 9.15. The van der Waals surface area contributed by atoms with Gasteiger partial charge in [0.1, 0.15) is 5.82 Å². The van der Waals surface area contributed by atoms with E-state index in [9.17, 15) is 9.18 Å². The maximum atomic E-state index is 12.9. The third-order valence-electron chi connectivity index (χ3n) is 2.24. The van der Waals surface area contributed by atoms with Crippen molar-refractivity contribution in [2.45, 2.75) is 13.3 Å². The monoisotopic (exact) mass is 226 g/mol. The fourth-order valence-corrected chi connectivity index (χ4v) is 1.43. The lowest BCUT2D eigenvalue weighted by atomic mass is 10.0. The Morgan fingerprint density at radius 3 is 2.88 bits per heavy atom. The minimum atomic E-state index is -0.919. The van der Waals surface area contributed by atoms with E-state index in [1.807, 2.05) is 0 Å². The third kappa shape index (κ3) is 3.98. The fraction of sp³-hybridized carbons (Fsp3) is 0.417. The molecule has 0 fully saturated rings. The first-order chi connectivity index (χ1) is 7.63. The summed E-state index contributed by atoms with van der Waals surface area (Å²) in [6.45, 7) is 2.44. The molecular formula is C12H15FO3. The minimum Gasteiger partial charge on any atom is -0.481 e. The van der Waals surface area contributed by atoms with Crippen molar-refractivity contribution < 1.29 is 19.0 Å². The lowest BCUT2D eigenvalue weighted by molar-refractivity contribution is -0.143. The standard InChI is InChI=1S/C12H15FO3/c1-2-16-8-10(12(14)15)6-9-4-3-5-11(13)7-9/h3-5,7,10H,2,6,8H2,1H3,(H,14,15). The van der Waals surface area contributed by atoms with E-state index in [1.165, 1.54) is 12.1 Å². The molecule has 0 aliphatic rings. The largest absolute Gasteiger partial charge is 0.481 e. The number of carbonyl (C=O) groups is 1. The van der Waals surface area contributed by atoms with E-state index < -0.39 is 11.9 Å². The Morgan fingerprint density at radius 2 is 2.31 bits per heavy atom. The van der Waals surface area contributed by atoms with Crippen LogP contribution >= 0.6 is 0 Å². The van der Waals surface area contributed by atoms with Crippen molar-refractivity contribution in [1.82, 2.24) is 0 Å². The summed E-state index contributed by atoms with van der Waals surface area (Å²) >= 11 is 0. The predicted octanol–water partition coefficient (Wildman–Crippen LogP) is 2.11. The fourth-order valence-electron chi connectivity index (χ4n) is 1.43. The van der Waals surface area contributed by atoms with Crippen LogP contribution in [0, 0.1) is 11.7 Å². The quantitative estimate of drug-likeness (QED) is 0.808. The van der Waals surface area contributed by atoms with Gasteiger partial charge < -0.3 is 9.84 Å². The van der Waals surface area contributed by atoms with E-state index in [0.29, 0.717) is 12.2 Å². The zero-order chi connectivity index (χ0) is 12.0. The summed E-state index contributed by atoms with van der Waals surface area (Å²) in [6, 6.07) is 5.97. The molecule has 0 aliphatic heterocycles. The smallest absolute Gasteiger partial charge is 0.309 e. The highest BCUT2D eigenvalue weighted by atomic mass is 19.1. The Labute approximate surface area is 93.9 Å². The van der Waals surface area contributed by atoms with Crippen LogP contribution in [0.2, 0.25) is 0 Å². The maximum absolute atomic E-state index is 12.9. The number of carboxylic acids is 1. The molecule has 3 nitrogen and oxygen atoms in total. The molecule has 0 spiro atoms. The predicted molar refractivity (Wildman–Crippen MR) is 57.7 cm³/mol. The lowest BCUT2D eigenvalue weighted by Gasteiger charge is -2.12. The van der Waals surface area contributed by atoms with Crippen LogP contribution in [0.3, 0.4) is 0 Å². The first kappa shape index (κ1) is 12.6. The SMILES string of the molecule is CCOCC(Cc1cccc(F)c1)C(=O)O. The van der Waals surface area contributed by atoms with Gasteiger partial charge in [-0.25, -0.2) is 4.39 Å². The molecule has 1 aromatic rings. The van der Waals surface area contributed by atoms with Crippen LogP contribution < -0.4 is 0 Å². The van der Waals surface area contributed by atoms with Gasteiger partial charge in [-0.05, 0) is 31.0 Å². The van der Waals surface area contributed by atoms with E-state index in [2.05, 4.69) is 0 Å². The normalized spacial score (nSPS) is 12.4. The van der Waals surface area contributed by atoms with Crippen LogP contribution in [-0.2, 0) is 16.0 Å². The van der Waals surface area contributed by atoms with Gasteiger partial charge in [0, 0.05) is 6.61 Å². The van der Waals surface area contributed by atoms with Gasteiger partial charge in [-0.2, -0.15) is 0 Å². The first-order valence-corrected chi connectivity index (χ1v) is 5.18. The van der Waals surface area contributed by atoms with Crippen LogP contribution in [-0.4, -0.2) is 24.3 Å². The zero-order valence-corrected chi connectivity index (χ0v) is 9.15. The number of hydrogen-bond donors (Lipinski definition) is 1. The van der Waals surface area contributed by atoms with Crippen molar-refractivity contribution in [1.29, 1.82) is 0 Å². The second kappa shape index (κ2) is 6.23. The van der Waals surface area contributed by atoms with Crippen molar-refractivity contribution in [3.63, 3.8) is 0 Å². The van der Waals surface area contributed by atoms with E-state index in [-0.39, 0.29) is 18.8 Å². The molecule has 0 saturated carbocycles. The second-order valence-electron chi connectivity index (χ2n) is 3.53. The molecule has 0 radical (unpaired) electrons. The number of carboxylic acid groups (broad SMARTS) is 1. The number of rotatable bonds is 6. The van der Waals surface area contributed by atoms with Gasteiger partial charge in [0.2, 0.25) is 0 Å². The summed E-state index contributed by atoms with van der Waals surface area (Å²) in [5.74, 6) is -1.89. The van der Waals surface area contributed by atoms with Crippen molar-refractivity contribution in [3.8, 4) is 0 Å². The van der Waals surface area contributed by atoms with Crippen molar-refractivity contribution in [2.24, 2.45) is 5.92 Å². The molecule has 0 aromatic heterocycles. The molecule has 4 heteroatoms. The molecular weight excluding hydrogens is 211 g/mol. The van der Waals surface area contributed by atoms with Gasteiger partial charge in [0.05, 0.1) is 12.5 Å². The van der Waals surface area contributed by atoms with E-state index >= 15 is 0 Å². The van der Waals surface area contributed by atoms with E-state index in [0.717, 1.165) is 0 Å². The summed E-state index contributed by atoms with van der Waals surface area (Å²) in [6.07, 6.45) is 0.285. The summed E-state index contributed by atoms with van der Waals surface area (Å²) in [7, 11) is 0. The third-order valence-corrected chi connectivity index (χ3v) is 2.24. The molecule has 1 atom stereocenters. The Morgan fingerprint density at radius 1 is 1.56 bits per heavy atom. The first-order valence-electron chi connectivity index (χ1n) is 5.18. The summed E-state index contributed by atoms with van der Waals surface area (Å²) in [4.78, 5) is 10.9. The molecule has 0 saturated heterocycles. The van der Waals surface area contributed by atoms with E-state index in [4.69, 9.17) is 9.84 Å². The molecule has 0 heterocycles. The van der Waals surface area contributed by atoms with Gasteiger partial charge in [-0.15, -0.1) is 0 Å². The van der Waals surface area contributed by atoms with Crippen molar-refractivity contribution in [3.05, 3.63) is 35.6 Å². The number of aliphatic carboxylic acids is 1. The van der Waals surface area contributed by atoms with Gasteiger partial charge in [-0.1, -0.05) is 12.1 Å². The minimum absolute atomic E-state index is 0.155. The summed E-state index contributed by atoms with van der Waals surface area (Å²) in [5, 5.41) is 8.96. The summed E-state index contributed by atoms with van der Waals surface area (Å²) < 4.78 is 18.0. The number of benzene rings is 1. The van der Waals surface area contributed by atoms with Crippen LogP contribution in [0.4, 0.5) is 4.39 Å². The molecule has 0 bridgehead atoms. The highest BCUT2D eigenvalue weighted by molar-refractivity contribution is 5.70. The highest BCUT2D eigenvalue weighted by Crippen LogP contribution is 2.11. The molecule has 1 N–H and O–H groups in total. The molecule has 0 amide bonds. The number of ether oxygens (including phenoxy) is 1. The Hall–Kier alpha value is -1.42. The Kier molecular flexibility index (Phi) is 4.92. The van der Waals surface area contributed by atoms with Crippen LogP contribution in [0.25, 0.3) is 0 Å². The molecule has 16 heavy (non-hydrogen) atoms. The molecule has 0 aliphatic carbocycles. The van der Waals surface area contributed by atoms with E-state index in [1.54, 1.807) is 19.1 Å². The average Bonchev–Trinajstić information content (AvgIpc) is 2.24. The molecule has 1 unspecified atom stereocenters. The van der Waals surface area contributed by atoms with Gasteiger partial charge in [0.25, 0.3) is 0 Å². The highest BCUT2D eigenvalue weighted by Gasteiger charge is 2.18. The van der Waals surface area contributed by atoms with Crippen molar-refractivity contribution in [2.75, 3.05) is 13.2 Å². The topological polar surface area (TPSA) is 46.5 Å². The Bertz CT molecular complexity index is 352. The summed E-state index contributed by atoms with van der Waals surface area (Å²) in [5.41, 5.74) is 0.673. The van der Waals surface area contributed by atoms with Gasteiger partial charge in [-0.3, -0.25) is 4.79 Å². The van der Waals surface area contributed by atoms with Crippen molar-refractivity contribution >= 4 is 5.97 Å². The van der Waals surface area contributed by atoms with Crippen LogP contribution in [0.1, 0.15) is 12.5 Å².